The second-order valence-corrected chi connectivity index (χ2v) is 8.68. The van der Waals surface area contributed by atoms with Crippen molar-refractivity contribution in [3.63, 3.8) is 0 Å². The van der Waals surface area contributed by atoms with Gasteiger partial charge in [0.1, 0.15) is 5.75 Å². The quantitative estimate of drug-likeness (QED) is 0.280. The molecule has 0 unspecified atom stereocenters. The van der Waals surface area contributed by atoms with E-state index >= 15 is 0 Å². The number of rotatable bonds is 9. The van der Waals surface area contributed by atoms with E-state index in [1.165, 1.54) is 5.56 Å². The lowest BCUT2D eigenvalue weighted by atomic mass is 10.0. The Morgan fingerprint density at radius 1 is 1.00 bits per heavy atom. The molecule has 0 aliphatic rings. The third kappa shape index (κ3) is 5.93. The van der Waals surface area contributed by atoms with Crippen molar-refractivity contribution in [1.82, 2.24) is 9.88 Å². The van der Waals surface area contributed by atoms with Crippen molar-refractivity contribution in [1.29, 1.82) is 0 Å². The highest BCUT2D eigenvalue weighted by atomic mass is 16.6. The van der Waals surface area contributed by atoms with Crippen LogP contribution in [-0.4, -0.2) is 22.3 Å². The maximum atomic E-state index is 13.4. The number of aromatic nitrogens is 1. The maximum absolute atomic E-state index is 13.4. The SMILES string of the molecule is Cc1ccc(C(C)C)cc1Oc1ccc(C(=O)N(CCc2ccccn2)Cc2ccccc2)o1. The first-order valence-corrected chi connectivity index (χ1v) is 11.6. The minimum atomic E-state index is -0.178. The molecular weight excluding hydrogens is 424 g/mol. The van der Waals surface area contributed by atoms with Crippen LogP contribution in [0.25, 0.3) is 0 Å². The molecule has 5 heteroatoms. The fourth-order valence-corrected chi connectivity index (χ4v) is 3.69. The number of aryl methyl sites for hydroxylation is 1. The van der Waals surface area contributed by atoms with Gasteiger partial charge in [0, 0.05) is 37.5 Å². The highest BCUT2D eigenvalue weighted by molar-refractivity contribution is 5.91. The maximum Gasteiger partial charge on any atom is 0.290 e. The molecule has 1 amide bonds. The molecule has 0 saturated heterocycles. The van der Waals surface area contributed by atoms with Crippen molar-refractivity contribution in [3.05, 3.63) is 113 Å². The molecule has 0 N–H and O–H groups in total. The third-order valence-electron chi connectivity index (χ3n) is 5.75. The monoisotopic (exact) mass is 454 g/mol. The van der Waals surface area contributed by atoms with Crippen LogP contribution in [0.15, 0.2) is 89.5 Å². The highest BCUT2D eigenvalue weighted by Gasteiger charge is 2.21. The summed E-state index contributed by atoms with van der Waals surface area (Å²) in [6.07, 6.45) is 2.43. The second kappa shape index (κ2) is 10.8. The Kier molecular flexibility index (Phi) is 7.43. The number of carbonyl (C=O) groups is 1. The number of nitrogens with zero attached hydrogens (tertiary/aromatic N) is 2. The normalized spacial score (nSPS) is 10.9. The average Bonchev–Trinajstić information content (AvgIpc) is 3.32. The van der Waals surface area contributed by atoms with Gasteiger partial charge in [-0.2, -0.15) is 0 Å². The topological polar surface area (TPSA) is 55.6 Å². The molecule has 2 aromatic carbocycles. The molecule has 34 heavy (non-hydrogen) atoms. The van der Waals surface area contributed by atoms with Crippen LogP contribution in [0.5, 0.6) is 11.7 Å². The number of carbonyl (C=O) groups excluding carboxylic acids is 1. The molecule has 0 aliphatic carbocycles. The van der Waals surface area contributed by atoms with Gasteiger partial charge in [-0.1, -0.05) is 62.4 Å². The van der Waals surface area contributed by atoms with Crippen LogP contribution in [-0.2, 0) is 13.0 Å². The molecule has 0 aliphatic heterocycles. The van der Waals surface area contributed by atoms with Gasteiger partial charge >= 0.3 is 0 Å². The van der Waals surface area contributed by atoms with E-state index in [-0.39, 0.29) is 11.7 Å². The minimum Gasteiger partial charge on any atom is -0.426 e. The van der Waals surface area contributed by atoms with Crippen molar-refractivity contribution in [3.8, 4) is 11.7 Å². The Labute approximate surface area is 201 Å². The molecule has 4 aromatic rings. The zero-order valence-electron chi connectivity index (χ0n) is 19.9. The Bertz CT molecular complexity index is 1220. The summed E-state index contributed by atoms with van der Waals surface area (Å²) in [4.78, 5) is 19.6. The molecule has 0 spiro atoms. The minimum absolute atomic E-state index is 0.178. The van der Waals surface area contributed by atoms with Gasteiger partial charge in [-0.05, 0) is 53.8 Å². The Morgan fingerprint density at radius 3 is 2.53 bits per heavy atom. The predicted molar refractivity (Wildman–Crippen MR) is 133 cm³/mol. The molecule has 5 nitrogen and oxygen atoms in total. The van der Waals surface area contributed by atoms with Crippen molar-refractivity contribution < 1.29 is 13.9 Å². The molecule has 0 radical (unpaired) electrons. The van der Waals surface area contributed by atoms with Crippen molar-refractivity contribution in [2.24, 2.45) is 0 Å². The summed E-state index contributed by atoms with van der Waals surface area (Å²) in [7, 11) is 0. The number of hydrogen-bond acceptors (Lipinski definition) is 4. The van der Waals surface area contributed by atoms with Crippen LogP contribution < -0.4 is 4.74 Å². The Morgan fingerprint density at radius 2 is 1.79 bits per heavy atom. The lowest BCUT2D eigenvalue weighted by molar-refractivity contribution is 0.0707. The average molecular weight is 455 g/mol. The smallest absolute Gasteiger partial charge is 0.290 e. The van der Waals surface area contributed by atoms with E-state index in [1.54, 1.807) is 23.2 Å². The predicted octanol–water partition coefficient (Wildman–Crippen LogP) is 6.78. The molecular formula is C29H30N2O3. The van der Waals surface area contributed by atoms with E-state index in [9.17, 15) is 4.79 Å². The molecule has 0 saturated carbocycles. The fourth-order valence-electron chi connectivity index (χ4n) is 3.69. The summed E-state index contributed by atoms with van der Waals surface area (Å²) < 4.78 is 11.9. The van der Waals surface area contributed by atoms with Gasteiger partial charge in [0.05, 0.1) is 0 Å². The van der Waals surface area contributed by atoms with Gasteiger partial charge in [-0.15, -0.1) is 0 Å². The molecule has 0 atom stereocenters. The van der Waals surface area contributed by atoms with Gasteiger partial charge in [-0.25, -0.2) is 0 Å². The van der Waals surface area contributed by atoms with Gasteiger partial charge < -0.3 is 14.1 Å². The summed E-state index contributed by atoms with van der Waals surface area (Å²) >= 11 is 0. The van der Waals surface area contributed by atoms with Crippen molar-refractivity contribution in [2.75, 3.05) is 6.54 Å². The van der Waals surface area contributed by atoms with Crippen LogP contribution >= 0.6 is 0 Å². The highest BCUT2D eigenvalue weighted by Crippen LogP contribution is 2.30. The Hall–Kier alpha value is -3.86. The number of pyridine rings is 1. The summed E-state index contributed by atoms with van der Waals surface area (Å²) in [6, 6.07) is 25.3. The van der Waals surface area contributed by atoms with Crippen LogP contribution in [0.4, 0.5) is 0 Å². The Balaban J connectivity index is 1.51. The lowest BCUT2D eigenvalue weighted by Gasteiger charge is -2.21. The summed E-state index contributed by atoms with van der Waals surface area (Å²) in [5, 5.41) is 0. The first-order valence-electron chi connectivity index (χ1n) is 11.6. The molecule has 174 valence electrons. The first-order chi connectivity index (χ1) is 16.5. The van der Waals surface area contributed by atoms with Gasteiger partial charge in [0.15, 0.2) is 5.76 Å². The van der Waals surface area contributed by atoms with Gasteiger partial charge in [0.2, 0.25) is 0 Å². The van der Waals surface area contributed by atoms with Crippen molar-refractivity contribution in [2.45, 2.75) is 39.7 Å². The van der Waals surface area contributed by atoms with Crippen LogP contribution in [0.1, 0.15) is 52.7 Å². The first kappa shape index (κ1) is 23.3. The van der Waals surface area contributed by atoms with Crippen molar-refractivity contribution >= 4 is 5.91 Å². The van der Waals surface area contributed by atoms with Gasteiger partial charge in [-0.3, -0.25) is 9.78 Å². The van der Waals surface area contributed by atoms with E-state index in [0.717, 1.165) is 22.6 Å². The summed E-state index contributed by atoms with van der Waals surface area (Å²) in [6.45, 7) is 7.29. The fraction of sp³-hybridized carbons (Fsp3) is 0.241. The van der Waals surface area contributed by atoms with E-state index in [2.05, 4.69) is 24.9 Å². The lowest BCUT2D eigenvalue weighted by Crippen LogP contribution is -2.32. The van der Waals surface area contributed by atoms with Crippen LogP contribution in [0, 0.1) is 6.92 Å². The third-order valence-corrected chi connectivity index (χ3v) is 5.75. The standard InChI is InChI=1S/C29H30N2O3/c1-21(2)24-13-12-22(3)27(19-24)34-28-15-14-26(33-28)29(32)31(20-23-9-5-4-6-10-23)18-16-25-11-7-8-17-30-25/h4-15,17,19,21H,16,18,20H2,1-3H3. The van der Waals surface area contributed by atoms with Crippen LogP contribution in [0.2, 0.25) is 0 Å². The summed E-state index contributed by atoms with van der Waals surface area (Å²) in [5.41, 5.74) is 4.19. The van der Waals surface area contributed by atoms with Gasteiger partial charge in [0.25, 0.3) is 11.9 Å². The van der Waals surface area contributed by atoms with E-state index in [0.29, 0.717) is 31.4 Å². The zero-order valence-corrected chi connectivity index (χ0v) is 19.9. The molecule has 2 heterocycles. The number of ether oxygens (including phenoxy) is 1. The number of furan rings is 1. The summed E-state index contributed by atoms with van der Waals surface area (Å²) in [5.74, 6) is 1.50. The molecule has 0 fully saturated rings. The molecule has 2 aromatic heterocycles. The number of hydrogen-bond donors (Lipinski definition) is 0. The van der Waals surface area contributed by atoms with Crippen LogP contribution in [0.3, 0.4) is 0 Å². The zero-order chi connectivity index (χ0) is 23.9. The van der Waals surface area contributed by atoms with E-state index < -0.39 is 0 Å². The van der Waals surface area contributed by atoms with E-state index in [1.807, 2.05) is 67.6 Å². The largest absolute Gasteiger partial charge is 0.426 e. The number of amides is 1. The van der Waals surface area contributed by atoms with E-state index in [4.69, 9.17) is 9.15 Å². The number of benzene rings is 2. The molecule has 4 rings (SSSR count). The second-order valence-electron chi connectivity index (χ2n) is 8.68. The molecule has 0 bridgehead atoms.